The molecule has 1 aliphatic heterocycles. The Kier molecular flexibility index (Phi) is 8.20. The molecule has 14 heavy (non-hydrogen) atoms. The largest absolute Gasteiger partial charge is 0.377 e. The van der Waals surface area contributed by atoms with Crippen LogP contribution in [0.1, 0.15) is 53.9 Å². The zero-order chi connectivity index (χ0) is 11.0. The van der Waals surface area contributed by atoms with Gasteiger partial charge in [-0.05, 0) is 33.1 Å². The van der Waals surface area contributed by atoms with Crippen LogP contribution in [-0.4, -0.2) is 24.8 Å². The van der Waals surface area contributed by atoms with Crippen LogP contribution in [0.4, 0.5) is 0 Å². The monoisotopic (exact) mass is 201 g/mol. The molecule has 0 amide bonds. The molecule has 0 radical (unpaired) electrons. The first-order valence-electron chi connectivity index (χ1n) is 6.10. The molecule has 0 aromatic carbocycles. The van der Waals surface area contributed by atoms with E-state index in [0.29, 0.717) is 12.1 Å². The topological polar surface area (TPSA) is 21.3 Å². The first-order valence-corrected chi connectivity index (χ1v) is 6.10. The van der Waals surface area contributed by atoms with E-state index in [1.54, 1.807) is 0 Å². The van der Waals surface area contributed by atoms with Gasteiger partial charge in [0.15, 0.2) is 0 Å². The lowest BCUT2D eigenvalue weighted by Crippen LogP contribution is -2.33. The zero-order valence-corrected chi connectivity index (χ0v) is 10.5. The SMILES string of the molecule is CC.CCC1CCC(COC(C)C)N1. The highest BCUT2D eigenvalue weighted by Crippen LogP contribution is 2.15. The number of rotatable bonds is 4. The van der Waals surface area contributed by atoms with E-state index in [1.165, 1.54) is 19.3 Å². The van der Waals surface area contributed by atoms with Crippen molar-refractivity contribution in [1.82, 2.24) is 5.32 Å². The van der Waals surface area contributed by atoms with Crippen LogP contribution in [0.15, 0.2) is 0 Å². The standard InChI is InChI=1S/C10H21NO.C2H6/c1-4-9-5-6-10(11-9)7-12-8(2)3;1-2/h8-11H,4-7H2,1-3H3;1-2H3. The fourth-order valence-electron chi connectivity index (χ4n) is 1.66. The molecule has 86 valence electrons. The summed E-state index contributed by atoms with van der Waals surface area (Å²) in [4.78, 5) is 0. The van der Waals surface area contributed by atoms with Gasteiger partial charge in [0.1, 0.15) is 0 Å². The summed E-state index contributed by atoms with van der Waals surface area (Å²) in [7, 11) is 0. The van der Waals surface area contributed by atoms with Crippen LogP contribution in [-0.2, 0) is 4.74 Å². The molecule has 2 atom stereocenters. The van der Waals surface area contributed by atoms with Gasteiger partial charge in [-0.25, -0.2) is 0 Å². The summed E-state index contributed by atoms with van der Waals surface area (Å²) < 4.78 is 5.56. The van der Waals surface area contributed by atoms with Gasteiger partial charge < -0.3 is 10.1 Å². The average molecular weight is 201 g/mol. The predicted molar refractivity (Wildman–Crippen MR) is 62.7 cm³/mol. The molecule has 1 fully saturated rings. The molecule has 0 spiro atoms. The van der Waals surface area contributed by atoms with Gasteiger partial charge in [0.05, 0.1) is 12.7 Å². The molecule has 1 heterocycles. The minimum atomic E-state index is 0.368. The van der Waals surface area contributed by atoms with Gasteiger partial charge in [0, 0.05) is 12.1 Å². The van der Waals surface area contributed by atoms with Crippen molar-refractivity contribution < 1.29 is 4.74 Å². The van der Waals surface area contributed by atoms with E-state index in [4.69, 9.17) is 4.74 Å². The average Bonchev–Trinajstić information content (AvgIpc) is 2.65. The van der Waals surface area contributed by atoms with Crippen LogP contribution < -0.4 is 5.32 Å². The normalized spacial score (nSPS) is 26.1. The van der Waals surface area contributed by atoms with E-state index < -0.39 is 0 Å². The smallest absolute Gasteiger partial charge is 0.0623 e. The summed E-state index contributed by atoms with van der Waals surface area (Å²) in [5.74, 6) is 0. The third-order valence-electron chi connectivity index (χ3n) is 2.46. The van der Waals surface area contributed by atoms with Crippen LogP contribution in [0.25, 0.3) is 0 Å². The first-order chi connectivity index (χ1) is 6.72. The van der Waals surface area contributed by atoms with E-state index in [1.807, 2.05) is 13.8 Å². The van der Waals surface area contributed by atoms with E-state index >= 15 is 0 Å². The molecular weight excluding hydrogens is 174 g/mol. The third-order valence-corrected chi connectivity index (χ3v) is 2.46. The Labute approximate surface area is 89.4 Å². The summed E-state index contributed by atoms with van der Waals surface area (Å²) in [5.41, 5.74) is 0. The molecule has 2 unspecified atom stereocenters. The summed E-state index contributed by atoms with van der Waals surface area (Å²) in [6, 6.07) is 1.35. The maximum Gasteiger partial charge on any atom is 0.0623 e. The van der Waals surface area contributed by atoms with Crippen molar-refractivity contribution in [3.8, 4) is 0 Å². The molecule has 0 aliphatic carbocycles. The predicted octanol–water partition coefficient (Wildman–Crippen LogP) is 2.97. The molecular formula is C12H27NO. The van der Waals surface area contributed by atoms with Gasteiger partial charge in [-0.2, -0.15) is 0 Å². The van der Waals surface area contributed by atoms with Crippen molar-refractivity contribution in [2.45, 2.75) is 72.1 Å². The van der Waals surface area contributed by atoms with Crippen molar-refractivity contribution in [2.75, 3.05) is 6.61 Å². The van der Waals surface area contributed by atoms with E-state index in [0.717, 1.165) is 12.6 Å². The minimum absolute atomic E-state index is 0.368. The molecule has 1 saturated heterocycles. The van der Waals surface area contributed by atoms with E-state index in [-0.39, 0.29) is 0 Å². The Morgan fingerprint density at radius 2 is 1.79 bits per heavy atom. The molecule has 1 aliphatic rings. The second kappa shape index (κ2) is 8.25. The van der Waals surface area contributed by atoms with Crippen molar-refractivity contribution in [3.05, 3.63) is 0 Å². The van der Waals surface area contributed by atoms with Gasteiger partial charge in [-0.1, -0.05) is 20.8 Å². The van der Waals surface area contributed by atoms with Crippen molar-refractivity contribution in [2.24, 2.45) is 0 Å². The fraction of sp³-hybridized carbons (Fsp3) is 1.00. The van der Waals surface area contributed by atoms with Gasteiger partial charge in [0.25, 0.3) is 0 Å². The van der Waals surface area contributed by atoms with Crippen LogP contribution in [0.5, 0.6) is 0 Å². The molecule has 0 aromatic heterocycles. The molecule has 1 rings (SSSR count). The van der Waals surface area contributed by atoms with Crippen LogP contribution in [0.2, 0.25) is 0 Å². The van der Waals surface area contributed by atoms with Gasteiger partial charge in [-0.3, -0.25) is 0 Å². The fourth-order valence-corrected chi connectivity index (χ4v) is 1.66. The first kappa shape index (κ1) is 13.9. The van der Waals surface area contributed by atoms with E-state index in [2.05, 4.69) is 26.1 Å². The highest BCUT2D eigenvalue weighted by Gasteiger charge is 2.22. The zero-order valence-electron chi connectivity index (χ0n) is 10.5. The summed E-state index contributed by atoms with van der Waals surface area (Å²) in [6.07, 6.45) is 4.22. The number of ether oxygens (including phenoxy) is 1. The van der Waals surface area contributed by atoms with Gasteiger partial charge in [0.2, 0.25) is 0 Å². The lowest BCUT2D eigenvalue weighted by atomic mass is 10.2. The van der Waals surface area contributed by atoms with E-state index in [9.17, 15) is 0 Å². The molecule has 0 saturated carbocycles. The summed E-state index contributed by atoms with van der Waals surface area (Å²) in [5, 5.41) is 3.57. The van der Waals surface area contributed by atoms with Crippen LogP contribution in [0.3, 0.4) is 0 Å². The lowest BCUT2D eigenvalue weighted by Gasteiger charge is -2.14. The van der Waals surface area contributed by atoms with Crippen LogP contribution >= 0.6 is 0 Å². The minimum Gasteiger partial charge on any atom is -0.377 e. The Morgan fingerprint density at radius 1 is 1.21 bits per heavy atom. The molecule has 1 N–H and O–H groups in total. The molecule has 0 bridgehead atoms. The molecule has 2 heteroatoms. The van der Waals surface area contributed by atoms with Crippen molar-refractivity contribution >= 4 is 0 Å². The highest BCUT2D eigenvalue weighted by atomic mass is 16.5. The Morgan fingerprint density at radius 3 is 2.21 bits per heavy atom. The molecule has 0 aromatic rings. The lowest BCUT2D eigenvalue weighted by molar-refractivity contribution is 0.0640. The maximum atomic E-state index is 5.56. The van der Waals surface area contributed by atoms with Gasteiger partial charge >= 0.3 is 0 Å². The quantitative estimate of drug-likeness (QED) is 0.755. The van der Waals surface area contributed by atoms with Gasteiger partial charge in [-0.15, -0.1) is 0 Å². The Hall–Kier alpha value is -0.0800. The maximum absolute atomic E-state index is 5.56. The van der Waals surface area contributed by atoms with Crippen LogP contribution in [0, 0.1) is 0 Å². The summed E-state index contributed by atoms with van der Waals surface area (Å²) >= 11 is 0. The second-order valence-corrected chi connectivity index (χ2v) is 3.93. The number of hydrogen-bond donors (Lipinski definition) is 1. The highest BCUT2D eigenvalue weighted by molar-refractivity contribution is 4.82. The third kappa shape index (κ3) is 5.61. The van der Waals surface area contributed by atoms with Crippen molar-refractivity contribution in [1.29, 1.82) is 0 Å². The molecule has 2 nitrogen and oxygen atoms in total. The number of nitrogens with one attached hydrogen (secondary N) is 1. The Bertz CT molecular complexity index is 125. The van der Waals surface area contributed by atoms with Crippen molar-refractivity contribution in [3.63, 3.8) is 0 Å². The second-order valence-electron chi connectivity index (χ2n) is 3.93. The number of hydrogen-bond acceptors (Lipinski definition) is 2. The Balaban J connectivity index is 0.000000791. The summed E-state index contributed by atoms with van der Waals surface area (Å²) in [6.45, 7) is 11.3.